The smallest absolute Gasteiger partial charge is 0.0525 e. The van der Waals surface area contributed by atoms with Crippen molar-refractivity contribution >= 4 is 17.4 Å². The molecule has 1 aliphatic heterocycles. The van der Waals surface area contributed by atoms with Crippen LogP contribution in [0.5, 0.6) is 0 Å². The fraction of sp³-hybridized carbons (Fsp3) is 0.500. The summed E-state index contributed by atoms with van der Waals surface area (Å²) in [6.07, 6.45) is 0. The van der Waals surface area contributed by atoms with Gasteiger partial charge in [-0.25, -0.2) is 0 Å². The molecule has 1 aromatic carbocycles. The zero-order valence-corrected chi connectivity index (χ0v) is 10.2. The van der Waals surface area contributed by atoms with Gasteiger partial charge in [-0.2, -0.15) is 0 Å². The van der Waals surface area contributed by atoms with Crippen molar-refractivity contribution in [2.75, 3.05) is 43.4 Å². The van der Waals surface area contributed by atoms with Crippen LogP contribution in [0.15, 0.2) is 29.2 Å². The molecular weight excluding hydrogens is 220 g/mol. The van der Waals surface area contributed by atoms with Gasteiger partial charge in [-0.15, -0.1) is 11.8 Å². The zero-order valence-electron chi connectivity index (χ0n) is 9.35. The number of hydrogen-bond acceptors (Lipinski definition) is 4. The highest BCUT2D eigenvalue weighted by Gasteiger charge is 2.09. The molecule has 0 radical (unpaired) electrons. The minimum absolute atomic E-state index is 0.240. The van der Waals surface area contributed by atoms with Crippen molar-refractivity contribution in [3.05, 3.63) is 24.3 Å². The Morgan fingerprint density at radius 1 is 1.19 bits per heavy atom. The second-order valence-corrected chi connectivity index (χ2v) is 4.97. The van der Waals surface area contributed by atoms with Crippen molar-refractivity contribution < 1.29 is 5.11 Å². The van der Waals surface area contributed by atoms with Gasteiger partial charge in [0.15, 0.2) is 0 Å². The third-order valence-corrected chi connectivity index (χ3v) is 3.67. The number of aliphatic hydroxyl groups is 1. The number of thioether (sulfide) groups is 1. The van der Waals surface area contributed by atoms with E-state index in [-0.39, 0.29) is 6.61 Å². The molecule has 0 amide bonds. The van der Waals surface area contributed by atoms with E-state index >= 15 is 0 Å². The second-order valence-electron chi connectivity index (χ2n) is 3.80. The van der Waals surface area contributed by atoms with Crippen LogP contribution in [0.25, 0.3) is 0 Å². The van der Waals surface area contributed by atoms with Crippen LogP contribution in [0.3, 0.4) is 0 Å². The van der Waals surface area contributed by atoms with Gasteiger partial charge in [-0.3, -0.25) is 0 Å². The molecule has 16 heavy (non-hydrogen) atoms. The van der Waals surface area contributed by atoms with Gasteiger partial charge in [-0.1, -0.05) is 0 Å². The van der Waals surface area contributed by atoms with E-state index in [1.807, 2.05) is 0 Å². The van der Waals surface area contributed by atoms with Crippen LogP contribution in [-0.4, -0.2) is 43.6 Å². The van der Waals surface area contributed by atoms with Gasteiger partial charge in [0.25, 0.3) is 0 Å². The summed E-state index contributed by atoms with van der Waals surface area (Å²) >= 11 is 1.69. The van der Waals surface area contributed by atoms with Gasteiger partial charge in [0.05, 0.1) is 6.61 Å². The van der Waals surface area contributed by atoms with Crippen LogP contribution in [0.1, 0.15) is 0 Å². The number of anilines is 1. The Hall–Kier alpha value is -0.710. The lowest BCUT2D eigenvalue weighted by molar-refractivity contribution is 0.322. The van der Waals surface area contributed by atoms with Gasteiger partial charge in [0, 0.05) is 42.5 Å². The van der Waals surface area contributed by atoms with Crippen molar-refractivity contribution in [1.29, 1.82) is 0 Å². The summed E-state index contributed by atoms with van der Waals surface area (Å²) < 4.78 is 0. The highest BCUT2D eigenvalue weighted by molar-refractivity contribution is 7.99. The average Bonchev–Trinajstić information content (AvgIpc) is 2.38. The molecule has 0 unspecified atom stereocenters. The fourth-order valence-corrected chi connectivity index (χ4v) is 2.50. The van der Waals surface area contributed by atoms with E-state index in [2.05, 4.69) is 34.5 Å². The second kappa shape index (κ2) is 6.13. The summed E-state index contributed by atoms with van der Waals surface area (Å²) in [6.45, 7) is 4.55. The predicted octanol–water partition coefficient (Wildman–Crippen LogP) is 1.18. The number of aliphatic hydroxyl groups excluding tert-OH is 1. The molecule has 1 aliphatic rings. The lowest BCUT2D eigenvalue weighted by Crippen LogP contribution is -2.43. The van der Waals surface area contributed by atoms with E-state index in [0.29, 0.717) is 0 Å². The minimum atomic E-state index is 0.240. The quantitative estimate of drug-likeness (QED) is 0.772. The minimum Gasteiger partial charge on any atom is -0.396 e. The first kappa shape index (κ1) is 11.8. The summed E-state index contributed by atoms with van der Waals surface area (Å²) in [4.78, 5) is 3.63. The molecule has 4 heteroatoms. The molecule has 1 fully saturated rings. The SMILES string of the molecule is OCCSc1ccc(N2CCNCC2)cc1. The number of nitrogens with zero attached hydrogens (tertiary/aromatic N) is 1. The topological polar surface area (TPSA) is 35.5 Å². The monoisotopic (exact) mass is 238 g/mol. The molecule has 0 atom stereocenters. The number of nitrogens with one attached hydrogen (secondary N) is 1. The van der Waals surface area contributed by atoms with E-state index in [4.69, 9.17) is 5.11 Å². The van der Waals surface area contributed by atoms with Gasteiger partial charge < -0.3 is 15.3 Å². The number of benzene rings is 1. The molecule has 1 saturated heterocycles. The van der Waals surface area contributed by atoms with Crippen LogP contribution >= 0.6 is 11.8 Å². The van der Waals surface area contributed by atoms with Crippen molar-refractivity contribution in [2.45, 2.75) is 4.90 Å². The Bertz CT molecular complexity index is 309. The summed E-state index contributed by atoms with van der Waals surface area (Å²) in [6, 6.07) is 8.62. The molecule has 0 spiro atoms. The third-order valence-electron chi connectivity index (χ3n) is 2.68. The molecule has 1 aromatic rings. The standard InChI is InChI=1S/C12H18N2OS/c15-9-10-16-12-3-1-11(2-4-12)14-7-5-13-6-8-14/h1-4,13,15H,5-10H2. The third kappa shape index (κ3) is 3.14. The highest BCUT2D eigenvalue weighted by Crippen LogP contribution is 2.22. The van der Waals surface area contributed by atoms with Gasteiger partial charge in [-0.05, 0) is 24.3 Å². The van der Waals surface area contributed by atoms with Crippen molar-refractivity contribution in [3.8, 4) is 0 Å². The van der Waals surface area contributed by atoms with Crippen LogP contribution in [0, 0.1) is 0 Å². The van der Waals surface area contributed by atoms with Gasteiger partial charge >= 0.3 is 0 Å². The lowest BCUT2D eigenvalue weighted by Gasteiger charge is -2.29. The first-order chi connectivity index (χ1) is 7.90. The zero-order chi connectivity index (χ0) is 11.2. The van der Waals surface area contributed by atoms with Crippen LogP contribution in [0.2, 0.25) is 0 Å². The molecule has 0 aromatic heterocycles. The Kier molecular flexibility index (Phi) is 4.51. The van der Waals surface area contributed by atoms with Gasteiger partial charge in [0.2, 0.25) is 0 Å². The summed E-state index contributed by atoms with van der Waals surface area (Å²) in [5.41, 5.74) is 1.30. The van der Waals surface area contributed by atoms with Crippen LogP contribution < -0.4 is 10.2 Å². The molecule has 0 bridgehead atoms. The van der Waals surface area contributed by atoms with E-state index < -0.39 is 0 Å². The number of rotatable bonds is 4. The molecule has 0 saturated carbocycles. The summed E-state index contributed by atoms with van der Waals surface area (Å²) in [5.74, 6) is 0.771. The number of hydrogen-bond donors (Lipinski definition) is 2. The van der Waals surface area contributed by atoms with Crippen LogP contribution in [-0.2, 0) is 0 Å². The maximum Gasteiger partial charge on any atom is 0.0525 e. The maximum absolute atomic E-state index is 8.75. The normalized spacial score (nSPS) is 16.4. The molecule has 0 aliphatic carbocycles. The largest absolute Gasteiger partial charge is 0.396 e. The first-order valence-electron chi connectivity index (χ1n) is 5.69. The molecular formula is C12H18N2OS. The van der Waals surface area contributed by atoms with E-state index in [1.165, 1.54) is 10.6 Å². The van der Waals surface area contributed by atoms with Crippen molar-refractivity contribution in [3.63, 3.8) is 0 Å². The first-order valence-corrected chi connectivity index (χ1v) is 6.68. The summed E-state index contributed by atoms with van der Waals surface area (Å²) in [5, 5.41) is 12.1. The maximum atomic E-state index is 8.75. The highest BCUT2D eigenvalue weighted by atomic mass is 32.2. The van der Waals surface area contributed by atoms with Crippen molar-refractivity contribution in [1.82, 2.24) is 5.32 Å². The van der Waals surface area contributed by atoms with Crippen LogP contribution in [0.4, 0.5) is 5.69 Å². The average molecular weight is 238 g/mol. The van der Waals surface area contributed by atoms with Crippen molar-refractivity contribution in [2.24, 2.45) is 0 Å². The Morgan fingerprint density at radius 3 is 2.50 bits per heavy atom. The molecule has 2 N–H and O–H groups in total. The Morgan fingerprint density at radius 2 is 1.88 bits per heavy atom. The van der Waals surface area contributed by atoms with Gasteiger partial charge in [0.1, 0.15) is 0 Å². The Balaban J connectivity index is 1.95. The lowest BCUT2D eigenvalue weighted by atomic mass is 10.2. The Labute approximate surface area is 101 Å². The molecule has 3 nitrogen and oxygen atoms in total. The van der Waals surface area contributed by atoms with E-state index in [1.54, 1.807) is 11.8 Å². The molecule has 1 heterocycles. The molecule has 88 valence electrons. The predicted molar refractivity (Wildman–Crippen MR) is 69.3 cm³/mol. The van der Waals surface area contributed by atoms with E-state index in [9.17, 15) is 0 Å². The fourth-order valence-electron chi connectivity index (χ4n) is 1.84. The number of piperazine rings is 1. The molecule has 2 rings (SSSR count). The summed E-state index contributed by atoms with van der Waals surface area (Å²) in [7, 11) is 0. The van der Waals surface area contributed by atoms with E-state index in [0.717, 1.165) is 31.9 Å².